The number of halogens is 1. The Morgan fingerprint density at radius 1 is 0.974 bits per heavy atom. The molecule has 0 spiro atoms. The minimum absolute atomic E-state index is 0.0515. The minimum atomic E-state index is -4.71. The fourth-order valence-corrected chi connectivity index (χ4v) is 7.18. The molecule has 3 heterocycles. The van der Waals surface area contributed by atoms with Crippen molar-refractivity contribution in [1.29, 1.82) is 0 Å². The number of aliphatic hydroxyl groups is 7. The van der Waals surface area contributed by atoms with Crippen molar-refractivity contribution in [2.45, 2.75) is 71.1 Å². The second kappa shape index (κ2) is 11.5. The highest BCUT2D eigenvalue weighted by Crippen LogP contribution is 2.34. The fourth-order valence-electron chi connectivity index (χ4n) is 4.31. The number of fused-ring (bicyclic) bond motifs is 1. The van der Waals surface area contributed by atoms with Crippen LogP contribution in [0.25, 0.3) is 0 Å². The van der Waals surface area contributed by atoms with Gasteiger partial charge in [-0.15, -0.1) is 0 Å². The highest BCUT2D eigenvalue weighted by molar-refractivity contribution is 7.90. The molecule has 0 aromatic heterocycles. The molecule has 222 valence electrons. The number of aliphatic hydroxyl groups excluding tert-OH is 7. The Morgan fingerprint density at radius 3 is 2.28 bits per heavy atom. The smallest absolute Gasteiger partial charge is 0.244 e. The quantitative estimate of drug-likeness (QED) is 0.136. The zero-order valence-electron chi connectivity index (χ0n) is 19.7. The van der Waals surface area contributed by atoms with Gasteiger partial charge in [-0.05, 0) is 12.1 Å². The number of hydrogen-bond donors (Lipinski definition) is 10. The van der Waals surface area contributed by atoms with Gasteiger partial charge in [-0.25, -0.2) is 16.8 Å². The lowest BCUT2D eigenvalue weighted by molar-refractivity contribution is -0.342. The lowest BCUT2D eigenvalue weighted by atomic mass is 9.96. The van der Waals surface area contributed by atoms with E-state index in [1.54, 1.807) is 0 Å². The zero-order chi connectivity index (χ0) is 28.9. The van der Waals surface area contributed by atoms with E-state index >= 15 is 0 Å². The van der Waals surface area contributed by atoms with E-state index in [-0.39, 0.29) is 17.4 Å². The van der Waals surface area contributed by atoms with E-state index in [1.807, 2.05) is 4.72 Å². The number of hydrogen-bond acceptors (Lipinski definition) is 15. The molecule has 2 saturated heterocycles. The summed E-state index contributed by atoms with van der Waals surface area (Å²) in [4.78, 5) is -1.10. The maximum Gasteiger partial charge on any atom is 0.244 e. The van der Waals surface area contributed by atoms with Crippen molar-refractivity contribution in [2.75, 3.05) is 25.2 Å². The van der Waals surface area contributed by atoms with Gasteiger partial charge >= 0.3 is 0 Å². The largest absolute Gasteiger partial charge is 0.394 e. The van der Waals surface area contributed by atoms with Gasteiger partial charge in [0.15, 0.2) is 12.5 Å². The summed E-state index contributed by atoms with van der Waals surface area (Å²) < 4.78 is 71.0. The molecule has 1 unspecified atom stereocenters. The van der Waals surface area contributed by atoms with Crippen LogP contribution in [-0.2, 0) is 34.3 Å². The van der Waals surface area contributed by atoms with Crippen molar-refractivity contribution in [3.63, 3.8) is 0 Å². The molecule has 10 atom stereocenters. The monoisotopic (exact) mass is 621 g/mol. The molecule has 0 aliphatic carbocycles. The lowest BCUT2D eigenvalue weighted by Crippen LogP contribution is -2.66. The molecular formula is C19H28ClN3O14S2. The van der Waals surface area contributed by atoms with E-state index in [4.69, 9.17) is 25.8 Å². The van der Waals surface area contributed by atoms with Crippen molar-refractivity contribution in [3.05, 3.63) is 17.2 Å². The Morgan fingerprint density at radius 2 is 1.64 bits per heavy atom. The Hall–Kier alpha value is -1.27. The van der Waals surface area contributed by atoms with Crippen LogP contribution in [0.5, 0.6) is 0 Å². The average Bonchev–Trinajstić information content (AvgIpc) is 2.87. The van der Waals surface area contributed by atoms with Crippen molar-refractivity contribution >= 4 is 37.3 Å². The van der Waals surface area contributed by atoms with Crippen molar-refractivity contribution in [2.24, 2.45) is 0 Å². The van der Waals surface area contributed by atoms with Gasteiger partial charge in [0.05, 0.1) is 30.6 Å². The van der Waals surface area contributed by atoms with Crippen molar-refractivity contribution < 1.29 is 66.8 Å². The first-order valence-corrected chi connectivity index (χ1v) is 14.7. The van der Waals surface area contributed by atoms with Gasteiger partial charge in [0.25, 0.3) is 0 Å². The summed E-state index contributed by atoms with van der Waals surface area (Å²) >= 11 is 6.09. The second-order valence-electron chi connectivity index (χ2n) is 8.96. The normalized spacial score (nSPS) is 38.6. The molecule has 20 heteroatoms. The Balaban J connectivity index is 1.54. The van der Waals surface area contributed by atoms with E-state index in [0.717, 1.165) is 12.1 Å². The molecule has 2 fully saturated rings. The molecule has 0 bridgehead atoms. The van der Waals surface area contributed by atoms with Crippen molar-refractivity contribution in [1.82, 2.24) is 9.44 Å². The average molecular weight is 622 g/mol. The summed E-state index contributed by atoms with van der Waals surface area (Å²) in [5.74, 6) is 0. The van der Waals surface area contributed by atoms with Gasteiger partial charge in [0.2, 0.25) is 20.0 Å². The lowest BCUT2D eigenvalue weighted by Gasteiger charge is -2.46. The molecule has 17 nitrogen and oxygen atoms in total. The Kier molecular flexibility index (Phi) is 9.08. The number of anilines is 1. The third-order valence-corrected chi connectivity index (χ3v) is 9.75. The molecule has 1 aromatic rings. The molecule has 3 aliphatic rings. The van der Waals surface area contributed by atoms with Crippen LogP contribution in [0.3, 0.4) is 0 Å². The van der Waals surface area contributed by atoms with Crippen LogP contribution in [0, 0.1) is 0 Å². The van der Waals surface area contributed by atoms with Gasteiger partial charge in [0.1, 0.15) is 58.6 Å². The predicted octanol–water partition coefficient (Wildman–Crippen LogP) is -5.10. The van der Waals surface area contributed by atoms with Crippen LogP contribution in [0.15, 0.2) is 21.9 Å². The first-order chi connectivity index (χ1) is 18.2. The van der Waals surface area contributed by atoms with E-state index in [0.29, 0.717) is 0 Å². The number of rotatable bonds is 7. The minimum Gasteiger partial charge on any atom is -0.394 e. The summed E-state index contributed by atoms with van der Waals surface area (Å²) in [6, 6.07) is 1.87. The van der Waals surface area contributed by atoms with E-state index < -0.39 is 104 Å². The maximum atomic E-state index is 13.1. The topological polar surface area (TPSA) is 274 Å². The summed E-state index contributed by atoms with van der Waals surface area (Å²) in [5, 5.41) is 72.8. The molecule has 3 aliphatic heterocycles. The summed E-state index contributed by atoms with van der Waals surface area (Å²) in [5.41, 5.74) is 0.0515. The number of ether oxygens (including phenoxy) is 3. The van der Waals surface area contributed by atoms with Gasteiger partial charge in [0, 0.05) is 0 Å². The second-order valence-corrected chi connectivity index (χ2v) is 12.8. The molecule has 0 radical (unpaired) electrons. The SMILES string of the molecule is O=S(=O)(NC1O[C@H](CO)[C@@H](O[C@@H]2O[C@H](CO)[C@H](O)[C@H](O)[C@H]2O)[C@H](O)[C@H]1O)c1cc2c(cc1Cl)NCNS2(=O)=O. The van der Waals surface area contributed by atoms with E-state index in [9.17, 15) is 52.6 Å². The number of benzene rings is 1. The Bertz CT molecular complexity index is 1270. The summed E-state index contributed by atoms with van der Waals surface area (Å²) in [6.07, 6.45) is -17.7. The third kappa shape index (κ3) is 5.89. The third-order valence-electron chi connectivity index (χ3n) is 6.43. The molecule has 1 aromatic carbocycles. The standard InChI is InChI=1S/C19H28ClN3O14S2/c20-6-1-7-11(38(31,32)22-5-21-7)2-10(6)39(33,34)23-18-15(29)14(28)17(9(4-25)35-18)37-19-16(30)13(27)12(26)8(3-24)36-19/h1-2,8-9,12-19,21-30H,3-5H2/t8-,9-,12+,13+,14-,15-,16-,17-,18?,19+/m1/s1. The molecule has 0 saturated carbocycles. The van der Waals surface area contributed by atoms with Gasteiger partial charge in [-0.2, -0.15) is 9.44 Å². The first kappa shape index (κ1) is 30.7. The predicted molar refractivity (Wildman–Crippen MR) is 127 cm³/mol. The molecule has 4 rings (SSSR count). The zero-order valence-corrected chi connectivity index (χ0v) is 22.1. The van der Waals surface area contributed by atoms with E-state index in [1.165, 1.54) is 0 Å². The Labute approximate surface area is 227 Å². The number of nitrogens with one attached hydrogen (secondary N) is 3. The first-order valence-electron chi connectivity index (χ1n) is 11.4. The van der Waals surface area contributed by atoms with Crippen LogP contribution >= 0.6 is 11.6 Å². The number of sulfonamides is 2. The molecule has 0 amide bonds. The van der Waals surface area contributed by atoms with Crippen LogP contribution in [0.2, 0.25) is 5.02 Å². The highest BCUT2D eigenvalue weighted by atomic mass is 35.5. The maximum absolute atomic E-state index is 13.1. The van der Waals surface area contributed by atoms with Gasteiger partial charge < -0.3 is 55.3 Å². The van der Waals surface area contributed by atoms with Gasteiger partial charge in [-0.1, -0.05) is 11.6 Å². The van der Waals surface area contributed by atoms with E-state index in [2.05, 4.69) is 10.0 Å². The van der Waals surface area contributed by atoms with Crippen molar-refractivity contribution in [3.8, 4) is 0 Å². The highest BCUT2D eigenvalue weighted by Gasteiger charge is 2.51. The van der Waals surface area contributed by atoms with Gasteiger partial charge in [-0.3, -0.25) is 0 Å². The van der Waals surface area contributed by atoms with Crippen LogP contribution < -0.4 is 14.8 Å². The summed E-state index contributed by atoms with van der Waals surface area (Å²) in [6.45, 7) is -1.83. The van der Waals surface area contributed by atoms with Crippen LogP contribution in [0.1, 0.15) is 0 Å². The molecular weight excluding hydrogens is 594 g/mol. The van der Waals surface area contributed by atoms with Crippen LogP contribution in [-0.4, -0.2) is 134 Å². The fraction of sp³-hybridized carbons (Fsp3) is 0.684. The van der Waals surface area contributed by atoms with Crippen LogP contribution in [0.4, 0.5) is 5.69 Å². The molecule has 10 N–H and O–H groups in total. The molecule has 39 heavy (non-hydrogen) atoms. The summed E-state index contributed by atoms with van der Waals surface area (Å²) in [7, 11) is -8.77.